The lowest BCUT2D eigenvalue weighted by molar-refractivity contribution is 0.578. The molecule has 3 rings (SSSR count). The minimum Gasteiger partial charge on any atom is -0.372 e. The fourth-order valence-electron chi connectivity index (χ4n) is 2.94. The summed E-state index contributed by atoms with van der Waals surface area (Å²) >= 11 is 3.46. The van der Waals surface area contributed by atoms with Gasteiger partial charge in [0.15, 0.2) is 0 Å². The number of piperidine rings is 1. The van der Waals surface area contributed by atoms with Gasteiger partial charge < -0.3 is 4.90 Å². The van der Waals surface area contributed by atoms with E-state index in [9.17, 15) is 5.26 Å². The molecule has 3 heteroatoms. The smallest absolute Gasteiger partial charge is 0.0998 e. The molecule has 0 N–H and O–H groups in total. The second kappa shape index (κ2) is 7.48. The van der Waals surface area contributed by atoms with Crippen molar-refractivity contribution in [3.63, 3.8) is 0 Å². The summed E-state index contributed by atoms with van der Waals surface area (Å²) in [5, 5.41) is 9.45. The largest absolute Gasteiger partial charge is 0.372 e. The van der Waals surface area contributed by atoms with Gasteiger partial charge >= 0.3 is 0 Å². The highest BCUT2D eigenvalue weighted by molar-refractivity contribution is 9.10. The van der Waals surface area contributed by atoms with Gasteiger partial charge in [0.1, 0.15) is 0 Å². The van der Waals surface area contributed by atoms with Crippen LogP contribution in [0.3, 0.4) is 0 Å². The van der Waals surface area contributed by atoms with Crippen molar-refractivity contribution in [3.05, 3.63) is 64.1 Å². The van der Waals surface area contributed by atoms with Crippen LogP contribution >= 0.6 is 15.9 Å². The summed E-state index contributed by atoms with van der Waals surface area (Å²) < 4.78 is 0.983. The summed E-state index contributed by atoms with van der Waals surface area (Å²) in [5.74, 6) is 0. The topological polar surface area (TPSA) is 27.0 Å². The van der Waals surface area contributed by atoms with E-state index in [2.05, 4.69) is 51.2 Å². The van der Waals surface area contributed by atoms with Gasteiger partial charge in [0.2, 0.25) is 0 Å². The Morgan fingerprint density at radius 3 is 2.43 bits per heavy atom. The van der Waals surface area contributed by atoms with Gasteiger partial charge in [0.25, 0.3) is 0 Å². The third-order valence-corrected chi connectivity index (χ3v) is 4.67. The standard InChI is InChI=1S/C20H19BrN2/c21-19-6-4-5-17(14-19)18(15-22)13-16-7-9-20(10-8-16)23-11-2-1-3-12-23/h4-10,13-14H,1-3,11-12H2/b18-13-. The number of benzene rings is 2. The Morgan fingerprint density at radius 2 is 1.78 bits per heavy atom. The van der Waals surface area contributed by atoms with Crippen molar-refractivity contribution >= 4 is 33.3 Å². The van der Waals surface area contributed by atoms with E-state index in [1.807, 2.05) is 30.3 Å². The highest BCUT2D eigenvalue weighted by atomic mass is 79.9. The second-order valence-electron chi connectivity index (χ2n) is 5.82. The average Bonchev–Trinajstić information content (AvgIpc) is 2.61. The van der Waals surface area contributed by atoms with E-state index in [-0.39, 0.29) is 0 Å². The highest BCUT2D eigenvalue weighted by Gasteiger charge is 2.10. The summed E-state index contributed by atoms with van der Waals surface area (Å²) in [4.78, 5) is 2.44. The zero-order chi connectivity index (χ0) is 16.1. The van der Waals surface area contributed by atoms with Gasteiger partial charge in [0.05, 0.1) is 11.6 Å². The number of hydrogen-bond donors (Lipinski definition) is 0. The van der Waals surface area contributed by atoms with Gasteiger partial charge in [-0.05, 0) is 60.7 Å². The maximum Gasteiger partial charge on any atom is 0.0998 e. The Kier molecular flexibility index (Phi) is 5.15. The van der Waals surface area contributed by atoms with Gasteiger partial charge in [-0.1, -0.05) is 40.2 Å². The van der Waals surface area contributed by atoms with E-state index in [4.69, 9.17) is 0 Å². The molecule has 1 heterocycles. The van der Waals surface area contributed by atoms with Gasteiger partial charge in [0, 0.05) is 23.2 Å². The molecule has 0 saturated carbocycles. The maximum absolute atomic E-state index is 9.45. The Balaban J connectivity index is 1.82. The molecule has 1 fully saturated rings. The number of halogens is 1. The van der Waals surface area contributed by atoms with Crippen molar-refractivity contribution < 1.29 is 0 Å². The SMILES string of the molecule is N#C/C(=C/c1ccc(N2CCCCC2)cc1)c1cccc(Br)c1. The normalized spacial score (nSPS) is 15.3. The first-order chi connectivity index (χ1) is 11.3. The van der Waals surface area contributed by atoms with E-state index < -0.39 is 0 Å². The average molecular weight is 367 g/mol. The Hall–Kier alpha value is -2.05. The predicted molar refractivity (Wildman–Crippen MR) is 100 cm³/mol. The minimum absolute atomic E-state index is 0.678. The second-order valence-corrected chi connectivity index (χ2v) is 6.74. The molecular formula is C20H19BrN2. The van der Waals surface area contributed by atoms with Crippen molar-refractivity contribution in [2.75, 3.05) is 18.0 Å². The van der Waals surface area contributed by atoms with Crippen LogP contribution < -0.4 is 4.90 Å². The Morgan fingerprint density at radius 1 is 1.04 bits per heavy atom. The molecule has 1 saturated heterocycles. The molecule has 2 aromatic carbocycles. The molecule has 0 radical (unpaired) electrons. The summed E-state index contributed by atoms with van der Waals surface area (Å²) in [6.07, 6.45) is 5.85. The molecule has 116 valence electrons. The first-order valence-electron chi connectivity index (χ1n) is 7.99. The molecule has 0 bridgehead atoms. The van der Waals surface area contributed by atoms with Gasteiger partial charge in [-0.25, -0.2) is 0 Å². The lowest BCUT2D eigenvalue weighted by atomic mass is 10.0. The minimum atomic E-state index is 0.678. The zero-order valence-corrected chi connectivity index (χ0v) is 14.6. The molecule has 0 spiro atoms. The number of nitriles is 1. The highest BCUT2D eigenvalue weighted by Crippen LogP contribution is 2.24. The number of allylic oxidation sites excluding steroid dienone is 1. The number of rotatable bonds is 3. The summed E-state index contributed by atoms with van der Waals surface area (Å²) in [6.45, 7) is 2.30. The molecule has 0 amide bonds. The lowest BCUT2D eigenvalue weighted by Gasteiger charge is -2.28. The summed E-state index contributed by atoms with van der Waals surface area (Å²) in [6, 6.07) is 18.7. The fraction of sp³-hybridized carbons (Fsp3) is 0.250. The first kappa shape index (κ1) is 15.8. The Bertz CT molecular complexity index is 735. The van der Waals surface area contributed by atoms with Crippen molar-refractivity contribution in [2.24, 2.45) is 0 Å². The molecule has 1 aliphatic heterocycles. The predicted octanol–water partition coefficient (Wildman–Crippen LogP) is 5.50. The van der Waals surface area contributed by atoms with E-state index in [1.54, 1.807) is 0 Å². The molecule has 1 aliphatic rings. The van der Waals surface area contributed by atoms with Crippen LogP contribution in [-0.4, -0.2) is 13.1 Å². The Labute approximate surface area is 146 Å². The first-order valence-corrected chi connectivity index (χ1v) is 8.78. The molecule has 23 heavy (non-hydrogen) atoms. The number of nitrogens with zero attached hydrogens (tertiary/aromatic N) is 2. The molecule has 2 nitrogen and oxygen atoms in total. The van der Waals surface area contributed by atoms with Crippen LogP contribution in [0.25, 0.3) is 11.6 Å². The zero-order valence-electron chi connectivity index (χ0n) is 13.0. The molecular weight excluding hydrogens is 348 g/mol. The van der Waals surface area contributed by atoms with E-state index in [1.165, 1.54) is 24.9 Å². The van der Waals surface area contributed by atoms with Crippen molar-refractivity contribution in [3.8, 4) is 6.07 Å². The monoisotopic (exact) mass is 366 g/mol. The van der Waals surface area contributed by atoms with E-state index in [0.29, 0.717) is 5.57 Å². The van der Waals surface area contributed by atoms with Gasteiger partial charge in [-0.3, -0.25) is 0 Å². The van der Waals surface area contributed by atoms with Gasteiger partial charge in [-0.15, -0.1) is 0 Å². The number of hydrogen-bond acceptors (Lipinski definition) is 2. The summed E-state index contributed by atoms with van der Waals surface area (Å²) in [7, 11) is 0. The van der Waals surface area contributed by atoms with E-state index >= 15 is 0 Å². The van der Waals surface area contributed by atoms with E-state index in [0.717, 1.165) is 28.7 Å². The van der Waals surface area contributed by atoms with Crippen molar-refractivity contribution in [2.45, 2.75) is 19.3 Å². The van der Waals surface area contributed by atoms with Crippen LogP contribution in [0.4, 0.5) is 5.69 Å². The molecule has 0 aromatic heterocycles. The third-order valence-electron chi connectivity index (χ3n) is 4.18. The third kappa shape index (κ3) is 4.03. The van der Waals surface area contributed by atoms with Crippen molar-refractivity contribution in [1.29, 1.82) is 5.26 Å². The van der Waals surface area contributed by atoms with Crippen LogP contribution in [0.2, 0.25) is 0 Å². The van der Waals surface area contributed by atoms with Crippen LogP contribution in [0.1, 0.15) is 30.4 Å². The maximum atomic E-state index is 9.45. The quantitative estimate of drug-likeness (QED) is 0.529. The fourth-order valence-corrected chi connectivity index (χ4v) is 3.34. The molecule has 0 atom stereocenters. The number of anilines is 1. The van der Waals surface area contributed by atoms with Gasteiger partial charge in [-0.2, -0.15) is 5.26 Å². The van der Waals surface area contributed by atoms with Crippen LogP contribution in [0, 0.1) is 11.3 Å². The molecule has 0 unspecified atom stereocenters. The van der Waals surface area contributed by atoms with Crippen LogP contribution in [-0.2, 0) is 0 Å². The lowest BCUT2D eigenvalue weighted by Crippen LogP contribution is -2.29. The van der Waals surface area contributed by atoms with Crippen LogP contribution in [0.15, 0.2) is 53.0 Å². The molecule has 0 aliphatic carbocycles. The molecule has 2 aromatic rings. The van der Waals surface area contributed by atoms with Crippen molar-refractivity contribution in [1.82, 2.24) is 0 Å². The summed E-state index contributed by atoms with van der Waals surface area (Å²) in [5.41, 5.74) is 3.95. The van der Waals surface area contributed by atoms with Crippen LogP contribution in [0.5, 0.6) is 0 Å².